The average molecular weight is 354 g/mol. The van der Waals surface area contributed by atoms with Crippen LogP contribution in [0.4, 0.5) is 0 Å². The highest BCUT2D eigenvalue weighted by molar-refractivity contribution is 5.98. The standard InChI is InChI=1S/C20H22N2O4/c1-25-17-10-6-9-16(19(17)26-2)20(24)21-15-11-18(23)22(13-15)12-14-7-4-3-5-8-14/h3-10,15H,11-13H2,1-2H3,(H,21,24). The Bertz CT molecular complexity index is 792. The van der Waals surface area contributed by atoms with Crippen molar-refractivity contribution in [2.45, 2.75) is 19.0 Å². The van der Waals surface area contributed by atoms with Crippen LogP contribution >= 0.6 is 0 Å². The van der Waals surface area contributed by atoms with E-state index >= 15 is 0 Å². The third kappa shape index (κ3) is 3.79. The number of nitrogens with zero attached hydrogens (tertiary/aromatic N) is 1. The molecule has 0 radical (unpaired) electrons. The maximum atomic E-state index is 12.6. The van der Waals surface area contributed by atoms with Crippen molar-refractivity contribution < 1.29 is 19.1 Å². The topological polar surface area (TPSA) is 67.9 Å². The third-order valence-electron chi connectivity index (χ3n) is 4.41. The van der Waals surface area contributed by atoms with Crippen LogP contribution in [0.1, 0.15) is 22.3 Å². The second-order valence-electron chi connectivity index (χ2n) is 6.18. The maximum absolute atomic E-state index is 12.6. The molecule has 0 saturated carbocycles. The Kier molecular flexibility index (Phi) is 5.41. The monoisotopic (exact) mass is 354 g/mol. The minimum Gasteiger partial charge on any atom is -0.493 e. The molecule has 1 unspecified atom stereocenters. The fourth-order valence-corrected chi connectivity index (χ4v) is 3.15. The molecule has 1 atom stereocenters. The van der Waals surface area contributed by atoms with Crippen molar-refractivity contribution in [1.29, 1.82) is 0 Å². The number of carbonyl (C=O) groups is 2. The van der Waals surface area contributed by atoms with Crippen LogP contribution in [-0.2, 0) is 11.3 Å². The first kappa shape index (κ1) is 17.8. The van der Waals surface area contributed by atoms with Gasteiger partial charge in [-0.2, -0.15) is 0 Å². The van der Waals surface area contributed by atoms with E-state index in [4.69, 9.17) is 9.47 Å². The molecule has 1 heterocycles. The second-order valence-corrected chi connectivity index (χ2v) is 6.18. The van der Waals surface area contributed by atoms with Gasteiger partial charge in [0.15, 0.2) is 11.5 Å². The summed E-state index contributed by atoms with van der Waals surface area (Å²) in [6.07, 6.45) is 0.296. The Morgan fingerprint density at radius 1 is 1.12 bits per heavy atom. The molecule has 6 heteroatoms. The van der Waals surface area contributed by atoms with E-state index in [2.05, 4.69) is 5.32 Å². The molecule has 0 aromatic heterocycles. The molecule has 1 aliphatic rings. The zero-order valence-electron chi connectivity index (χ0n) is 14.9. The van der Waals surface area contributed by atoms with Crippen LogP contribution in [0.2, 0.25) is 0 Å². The molecule has 136 valence electrons. The summed E-state index contributed by atoms with van der Waals surface area (Å²) in [7, 11) is 3.02. The number of nitrogens with one attached hydrogen (secondary N) is 1. The number of likely N-dealkylation sites (tertiary alicyclic amines) is 1. The first-order chi connectivity index (χ1) is 12.6. The predicted octanol–water partition coefficient (Wildman–Crippen LogP) is 2.23. The molecule has 0 bridgehead atoms. The third-order valence-corrected chi connectivity index (χ3v) is 4.41. The number of hydrogen-bond donors (Lipinski definition) is 1. The van der Waals surface area contributed by atoms with E-state index in [1.54, 1.807) is 23.1 Å². The van der Waals surface area contributed by atoms with Crippen LogP contribution in [0.3, 0.4) is 0 Å². The Morgan fingerprint density at radius 2 is 1.88 bits per heavy atom. The van der Waals surface area contributed by atoms with Gasteiger partial charge in [-0.15, -0.1) is 0 Å². The van der Waals surface area contributed by atoms with Gasteiger partial charge in [0.05, 0.1) is 25.8 Å². The van der Waals surface area contributed by atoms with E-state index in [1.165, 1.54) is 14.2 Å². The highest BCUT2D eigenvalue weighted by Crippen LogP contribution is 2.30. The van der Waals surface area contributed by atoms with Crippen molar-refractivity contribution in [2.24, 2.45) is 0 Å². The van der Waals surface area contributed by atoms with Gasteiger partial charge in [-0.25, -0.2) is 0 Å². The van der Waals surface area contributed by atoms with Crippen molar-refractivity contribution in [3.8, 4) is 11.5 Å². The fourth-order valence-electron chi connectivity index (χ4n) is 3.15. The molecule has 3 rings (SSSR count). The molecule has 2 amide bonds. The number of carbonyl (C=O) groups excluding carboxylic acids is 2. The van der Waals surface area contributed by atoms with E-state index in [0.717, 1.165) is 5.56 Å². The van der Waals surface area contributed by atoms with Crippen LogP contribution in [-0.4, -0.2) is 43.5 Å². The maximum Gasteiger partial charge on any atom is 0.255 e. The van der Waals surface area contributed by atoms with E-state index < -0.39 is 0 Å². The SMILES string of the molecule is COc1cccc(C(=O)NC2CC(=O)N(Cc3ccccc3)C2)c1OC. The zero-order valence-corrected chi connectivity index (χ0v) is 14.9. The molecule has 6 nitrogen and oxygen atoms in total. The summed E-state index contributed by atoms with van der Waals surface area (Å²) < 4.78 is 10.5. The lowest BCUT2D eigenvalue weighted by atomic mass is 10.1. The summed E-state index contributed by atoms with van der Waals surface area (Å²) in [5, 5.41) is 2.93. The minimum absolute atomic E-state index is 0.0387. The van der Waals surface area contributed by atoms with Crippen LogP contribution in [0.15, 0.2) is 48.5 Å². The van der Waals surface area contributed by atoms with Crippen molar-refractivity contribution in [2.75, 3.05) is 20.8 Å². The summed E-state index contributed by atoms with van der Waals surface area (Å²) in [4.78, 5) is 26.7. The molecular formula is C20H22N2O4. The summed E-state index contributed by atoms with van der Waals surface area (Å²) in [6, 6.07) is 14.7. The van der Waals surface area contributed by atoms with Gasteiger partial charge < -0.3 is 19.7 Å². The number of hydrogen-bond acceptors (Lipinski definition) is 4. The zero-order chi connectivity index (χ0) is 18.5. The number of benzene rings is 2. The lowest BCUT2D eigenvalue weighted by Gasteiger charge is -2.18. The summed E-state index contributed by atoms with van der Waals surface area (Å²) in [5.41, 5.74) is 1.46. The molecule has 1 saturated heterocycles. The number of rotatable bonds is 6. The normalized spacial score (nSPS) is 16.5. The van der Waals surface area contributed by atoms with Gasteiger partial charge >= 0.3 is 0 Å². The first-order valence-electron chi connectivity index (χ1n) is 8.46. The summed E-state index contributed by atoms with van der Waals surface area (Å²) in [5.74, 6) is 0.642. The minimum atomic E-state index is -0.278. The van der Waals surface area contributed by atoms with Gasteiger partial charge in [-0.3, -0.25) is 9.59 Å². The Balaban J connectivity index is 1.67. The van der Waals surface area contributed by atoms with Crippen LogP contribution in [0.25, 0.3) is 0 Å². The summed E-state index contributed by atoms with van der Waals surface area (Å²) in [6.45, 7) is 1.04. The highest BCUT2D eigenvalue weighted by Gasteiger charge is 2.31. The van der Waals surface area contributed by atoms with Crippen molar-refractivity contribution >= 4 is 11.8 Å². The molecule has 1 N–H and O–H groups in total. The van der Waals surface area contributed by atoms with Gasteiger partial charge in [0, 0.05) is 19.5 Å². The van der Waals surface area contributed by atoms with Crippen molar-refractivity contribution in [3.63, 3.8) is 0 Å². The molecule has 1 aliphatic heterocycles. The van der Waals surface area contributed by atoms with Crippen LogP contribution in [0, 0.1) is 0 Å². The first-order valence-corrected chi connectivity index (χ1v) is 8.46. The van der Waals surface area contributed by atoms with Gasteiger partial charge in [-0.1, -0.05) is 36.4 Å². The predicted molar refractivity (Wildman–Crippen MR) is 97.3 cm³/mol. The quantitative estimate of drug-likeness (QED) is 0.864. The smallest absolute Gasteiger partial charge is 0.255 e. The molecule has 26 heavy (non-hydrogen) atoms. The van der Waals surface area contributed by atoms with E-state index in [-0.39, 0.29) is 17.9 Å². The number of methoxy groups -OCH3 is 2. The van der Waals surface area contributed by atoms with Gasteiger partial charge in [0.25, 0.3) is 5.91 Å². The Hall–Kier alpha value is -3.02. The van der Waals surface area contributed by atoms with E-state index in [9.17, 15) is 9.59 Å². The highest BCUT2D eigenvalue weighted by atomic mass is 16.5. The van der Waals surface area contributed by atoms with Gasteiger partial charge in [-0.05, 0) is 17.7 Å². The van der Waals surface area contributed by atoms with Crippen LogP contribution in [0.5, 0.6) is 11.5 Å². The fraction of sp³-hybridized carbons (Fsp3) is 0.300. The lowest BCUT2D eigenvalue weighted by molar-refractivity contribution is -0.128. The molecular weight excluding hydrogens is 332 g/mol. The van der Waals surface area contributed by atoms with E-state index in [0.29, 0.717) is 36.6 Å². The average Bonchev–Trinajstić information content (AvgIpc) is 3.00. The van der Waals surface area contributed by atoms with Crippen molar-refractivity contribution in [3.05, 3.63) is 59.7 Å². The number of amides is 2. The lowest BCUT2D eigenvalue weighted by Crippen LogP contribution is -2.37. The van der Waals surface area contributed by atoms with Crippen LogP contribution < -0.4 is 14.8 Å². The largest absolute Gasteiger partial charge is 0.493 e. The molecule has 0 aliphatic carbocycles. The van der Waals surface area contributed by atoms with Gasteiger partial charge in [0.2, 0.25) is 5.91 Å². The molecule has 1 fully saturated rings. The summed E-state index contributed by atoms with van der Waals surface area (Å²) >= 11 is 0. The second kappa shape index (κ2) is 7.91. The van der Waals surface area contributed by atoms with E-state index in [1.807, 2.05) is 30.3 Å². The van der Waals surface area contributed by atoms with Gasteiger partial charge in [0.1, 0.15) is 0 Å². The molecule has 0 spiro atoms. The Morgan fingerprint density at radius 3 is 2.58 bits per heavy atom. The molecule has 2 aromatic rings. The number of ether oxygens (including phenoxy) is 2. The number of para-hydroxylation sites is 1. The Labute approximate surface area is 152 Å². The van der Waals surface area contributed by atoms with Crippen molar-refractivity contribution in [1.82, 2.24) is 10.2 Å². The molecule has 2 aromatic carbocycles.